The van der Waals surface area contributed by atoms with Gasteiger partial charge in [-0.15, -0.1) is 10.1 Å². The molecule has 2 atom stereocenters. The molecule has 2 aliphatic heterocycles. The second kappa shape index (κ2) is 6.76. The van der Waals surface area contributed by atoms with Crippen LogP contribution in [0.4, 0.5) is 0 Å². The highest BCUT2D eigenvalue weighted by atomic mass is 16.7. The molecule has 2 N–H and O–H groups in total. The van der Waals surface area contributed by atoms with E-state index in [1.807, 2.05) is 0 Å². The number of imide groups is 1. The molecular weight excluding hydrogens is 328 g/mol. The number of aliphatic hydroxyl groups is 2. The fourth-order valence-electron chi connectivity index (χ4n) is 1.95. The van der Waals surface area contributed by atoms with Gasteiger partial charge in [0.15, 0.2) is 12.2 Å². The zero-order chi connectivity index (χ0) is 18.0. The Labute approximate surface area is 134 Å². The monoisotopic (exact) mass is 342 g/mol. The number of carbonyl (C=O) groups excluding carboxylic acids is 5. The van der Waals surface area contributed by atoms with Crippen LogP contribution in [0.2, 0.25) is 0 Å². The number of nitrogens with zero attached hydrogens (tertiary/aromatic N) is 2. The van der Waals surface area contributed by atoms with Crippen molar-refractivity contribution in [3.63, 3.8) is 0 Å². The van der Waals surface area contributed by atoms with E-state index in [2.05, 4.69) is 16.3 Å². The molecule has 0 bridgehead atoms. The molecule has 2 fully saturated rings. The number of allylic oxidation sites excluding steroid dienone is 1. The lowest BCUT2D eigenvalue weighted by atomic mass is 10.2. The minimum atomic E-state index is -2.43. The zero-order valence-electron chi connectivity index (χ0n) is 12.3. The van der Waals surface area contributed by atoms with Gasteiger partial charge in [0, 0.05) is 19.3 Å². The Kier molecular flexibility index (Phi) is 4.95. The molecule has 2 aliphatic rings. The summed E-state index contributed by atoms with van der Waals surface area (Å²) in [5.74, 6) is -5.27. The van der Waals surface area contributed by atoms with Gasteiger partial charge in [-0.25, -0.2) is 9.59 Å². The topological polar surface area (TPSA) is 151 Å². The Hall–Kier alpha value is -2.79. The van der Waals surface area contributed by atoms with Gasteiger partial charge in [-0.3, -0.25) is 14.4 Å². The van der Waals surface area contributed by atoms with Crippen LogP contribution in [0.1, 0.15) is 25.7 Å². The van der Waals surface area contributed by atoms with Gasteiger partial charge >= 0.3 is 11.9 Å². The minimum absolute atomic E-state index is 0.0615. The van der Waals surface area contributed by atoms with E-state index in [1.54, 1.807) is 0 Å². The van der Waals surface area contributed by atoms with E-state index < -0.39 is 41.9 Å². The van der Waals surface area contributed by atoms with Crippen LogP contribution in [0, 0.1) is 0 Å². The predicted molar refractivity (Wildman–Crippen MR) is 70.5 cm³/mol. The average Bonchev–Trinajstić information content (AvgIpc) is 3.03. The number of rotatable bonds is 5. The summed E-state index contributed by atoms with van der Waals surface area (Å²) in [6, 6.07) is 0. The van der Waals surface area contributed by atoms with Crippen molar-refractivity contribution in [1.82, 2.24) is 10.1 Å². The highest BCUT2D eigenvalue weighted by Crippen LogP contribution is 2.21. The lowest BCUT2D eigenvalue weighted by Gasteiger charge is -2.21. The van der Waals surface area contributed by atoms with Crippen molar-refractivity contribution in [2.45, 2.75) is 37.9 Å². The third-order valence-corrected chi connectivity index (χ3v) is 3.29. The lowest BCUT2D eigenvalue weighted by Crippen LogP contribution is -2.46. The Morgan fingerprint density at radius 2 is 1.21 bits per heavy atom. The van der Waals surface area contributed by atoms with Gasteiger partial charge in [-0.2, -0.15) is 0 Å². The number of hydroxylamine groups is 4. The van der Waals surface area contributed by atoms with Crippen molar-refractivity contribution in [3.8, 4) is 0 Å². The van der Waals surface area contributed by atoms with E-state index >= 15 is 0 Å². The van der Waals surface area contributed by atoms with E-state index in [4.69, 9.17) is 0 Å². The summed E-state index contributed by atoms with van der Waals surface area (Å²) < 4.78 is 0. The van der Waals surface area contributed by atoms with Crippen LogP contribution >= 0.6 is 0 Å². The number of hydrogen-bond acceptors (Lipinski definition) is 9. The first-order chi connectivity index (χ1) is 11.2. The van der Waals surface area contributed by atoms with Gasteiger partial charge in [-0.05, 0) is 6.42 Å². The van der Waals surface area contributed by atoms with Crippen LogP contribution in [0.15, 0.2) is 12.3 Å². The summed E-state index contributed by atoms with van der Waals surface area (Å²) in [5, 5.41) is 19.9. The SMILES string of the molecule is C=C1CCC(=O)N1OC(=O)[C@H](O)[C@@H](O)C(=O)ON1C(=O)CCC1=O. The van der Waals surface area contributed by atoms with Gasteiger partial charge in [0.25, 0.3) is 17.7 Å². The normalized spacial score (nSPS) is 20.4. The maximum Gasteiger partial charge on any atom is 0.364 e. The number of carbonyl (C=O) groups is 5. The Bertz CT molecular complexity index is 543. The molecule has 24 heavy (non-hydrogen) atoms. The molecule has 3 amide bonds. The summed E-state index contributed by atoms with van der Waals surface area (Å²) in [4.78, 5) is 66.2. The largest absolute Gasteiger partial charge is 0.379 e. The van der Waals surface area contributed by atoms with E-state index in [-0.39, 0.29) is 36.4 Å². The molecule has 0 radical (unpaired) electrons. The standard InChI is InChI=1S/C13H14N2O9/c1-6-2-3-7(16)14(6)23-12(21)10(19)11(20)13(22)24-15-8(17)4-5-9(15)18/h10-11,19-20H,1-5H2/t10-,11-/m1/s1. The Morgan fingerprint density at radius 1 is 0.833 bits per heavy atom. The summed E-state index contributed by atoms with van der Waals surface area (Å²) >= 11 is 0. The van der Waals surface area contributed by atoms with Crippen molar-refractivity contribution in [1.29, 1.82) is 0 Å². The summed E-state index contributed by atoms with van der Waals surface area (Å²) in [5.41, 5.74) is 0.172. The van der Waals surface area contributed by atoms with E-state index in [9.17, 15) is 34.2 Å². The van der Waals surface area contributed by atoms with Crippen molar-refractivity contribution in [2.24, 2.45) is 0 Å². The lowest BCUT2D eigenvalue weighted by molar-refractivity contribution is -0.213. The van der Waals surface area contributed by atoms with Crippen molar-refractivity contribution in [3.05, 3.63) is 12.3 Å². The average molecular weight is 342 g/mol. The van der Waals surface area contributed by atoms with Crippen LogP contribution in [-0.4, -0.2) is 62.2 Å². The zero-order valence-corrected chi connectivity index (χ0v) is 12.3. The molecule has 0 unspecified atom stereocenters. The van der Waals surface area contributed by atoms with Crippen LogP contribution < -0.4 is 0 Å². The second-order valence-electron chi connectivity index (χ2n) is 5.05. The first-order valence-electron chi connectivity index (χ1n) is 6.88. The molecule has 2 heterocycles. The quantitative estimate of drug-likeness (QED) is 0.536. The maximum absolute atomic E-state index is 11.7. The molecule has 0 aromatic heterocycles. The fraction of sp³-hybridized carbons (Fsp3) is 0.462. The van der Waals surface area contributed by atoms with Crippen LogP contribution in [-0.2, 0) is 33.6 Å². The smallest absolute Gasteiger partial charge is 0.364 e. The van der Waals surface area contributed by atoms with Gasteiger partial charge in [0.1, 0.15) is 0 Å². The number of amides is 3. The number of aliphatic hydroxyl groups excluding tert-OH is 2. The molecule has 0 saturated carbocycles. The summed E-state index contributed by atoms with van der Waals surface area (Å²) in [6.45, 7) is 3.47. The second-order valence-corrected chi connectivity index (χ2v) is 5.05. The first kappa shape index (κ1) is 17.6. The molecule has 2 saturated heterocycles. The van der Waals surface area contributed by atoms with Crippen LogP contribution in [0.3, 0.4) is 0 Å². The number of hydrogen-bond donors (Lipinski definition) is 2. The van der Waals surface area contributed by atoms with Crippen molar-refractivity contribution < 1.29 is 43.9 Å². The molecule has 0 aromatic carbocycles. The molecule has 130 valence electrons. The van der Waals surface area contributed by atoms with E-state index in [0.29, 0.717) is 5.06 Å². The molecule has 0 aromatic rings. The molecule has 11 nitrogen and oxygen atoms in total. The minimum Gasteiger partial charge on any atom is -0.379 e. The molecule has 0 spiro atoms. The fourth-order valence-corrected chi connectivity index (χ4v) is 1.95. The Balaban J connectivity index is 1.94. The van der Waals surface area contributed by atoms with Gasteiger partial charge in [-0.1, -0.05) is 6.58 Å². The predicted octanol–water partition coefficient (Wildman–Crippen LogP) is -2.09. The maximum atomic E-state index is 11.7. The third kappa shape index (κ3) is 3.41. The van der Waals surface area contributed by atoms with Gasteiger partial charge in [0.2, 0.25) is 0 Å². The van der Waals surface area contributed by atoms with E-state index in [0.717, 1.165) is 0 Å². The highest BCUT2D eigenvalue weighted by Gasteiger charge is 2.40. The van der Waals surface area contributed by atoms with Crippen molar-refractivity contribution in [2.75, 3.05) is 0 Å². The molecule has 2 rings (SSSR count). The van der Waals surface area contributed by atoms with E-state index in [1.165, 1.54) is 0 Å². The molecular formula is C13H14N2O9. The molecule has 0 aliphatic carbocycles. The van der Waals surface area contributed by atoms with Crippen LogP contribution in [0.25, 0.3) is 0 Å². The van der Waals surface area contributed by atoms with Gasteiger partial charge in [0.05, 0.1) is 5.70 Å². The summed E-state index contributed by atoms with van der Waals surface area (Å²) in [6.07, 6.45) is -4.83. The first-order valence-corrected chi connectivity index (χ1v) is 6.88. The molecule has 11 heteroatoms. The van der Waals surface area contributed by atoms with Gasteiger partial charge < -0.3 is 19.9 Å². The third-order valence-electron chi connectivity index (χ3n) is 3.29. The highest BCUT2D eigenvalue weighted by molar-refractivity contribution is 6.02. The summed E-state index contributed by atoms with van der Waals surface area (Å²) in [7, 11) is 0. The van der Waals surface area contributed by atoms with Crippen LogP contribution in [0.5, 0.6) is 0 Å². The van der Waals surface area contributed by atoms with Crippen molar-refractivity contribution >= 4 is 29.7 Å². The Morgan fingerprint density at radius 3 is 1.62 bits per heavy atom.